The van der Waals surface area contributed by atoms with Crippen LogP contribution in [0.25, 0.3) is 6.08 Å². The average Bonchev–Trinajstić information content (AvgIpc) is 2.48. The Morgan fingerprint density at radius 1 is 1.10 bits per heavy atom. The van der Waals surface area contributed by atoms with Crippen molar-refractivity contribution in [3.63, 3.8) is 0 Å². The van der Waals surface area contributed by atoms with Gasteiger partial charge < -0.3 is 14.4 Å². The van der Waals surface area contributed by atoms with Crippen LogP contribution in [0.4, 0.5) is 5.69 Å². The number of fused-ring (bicyclic) bond motifs is 1. The van der Waals surface area contributed by atoms with Crippen LogP contribution in [0.5, 0.6) is 11.5 Å². The lowest BCUT2D eigenvalue weighted by molar-refractivity contribution is 0.402. The van der Waals surface area contributed by atoms with E-state index in [0.717, 1.165) is 35.1 Å². The molecule has 1 aliphatic heterocycles. The number of hydrogen-bond acceptors (Lipinski definition) is 3. The van der Waals surface area contributed by atoms with E-state index in [2.05, 4.69) is 18.0 Å². The van der Waals surface area contributed by atoms with Crippen LogP contribution in [0.3, 0.4) is 0 Å². The fraction of sp³-hybridized carbons (Fsp3) is 0.176. The Kier molecular flexibility index (Phi) is 3.33. The lowest BCUT2D eigenvalue weighted by atomic mass is 10.1. The number of ether oxygens (including phenoxy) is 2. The van der Waals surface area contributed by atoms with Crippen LogP contribution in [0.15, 0.2) is 54.3 Å². The van der Waals surface area contributed by atoms with Crippen LogP contribution in [-0.4, -0.2) is 20.7 Å². The number of benzene rings is 2. The van der Waals surface area contributed by atoms with Crippen molar-refractivity contribution in [3.8, 4) is 11.5 Å². The highest BCUT2D eigenvalue weighted by Crippen LogP contribution is 2.34. The molecule has 0 saturated carbocycles. The van der Waals surface area contributed by atoms with Crippen molar-refractivity contribution in [2.24, 2.45) is 0 Å². The second kappa shape index (κ2) is 5.29. The third-order valence-corrected chi connectivity index (χ3v) is 3.37. The molecule has 1 heterocycles. The van der Waals surface area contributed by atoms with Gasteiger partial charge in [-0.15, -0.1) is 0 Å². The molecule has 1 aliphatic rings. The fourth-order valence-corrected chi connectivity index (χ4v) is 2.39. The number of likely N-dealkylation sites (N-methyl/N-ethyl adjacent to an activating group) is 1. The summed E-state index contributed by atoms with van der Waals surface area (Å²) in [4.78, 5) is 2.18. The summed E-state index contributed by atoms with van der Waals surface area (Å²) in [7, 11) is 3.75. The van der Waals surface area contributed by atoms with E-state index in [4.69, 9.17) is 9.47 Å². The van der Waals surface area contributed by atoms with Gasteiger partial charge in [-0.05, 0) is 24.3 Å². The van der Waals surface area contributed by atoms with E-state index in [-0.39, 0.29) is 0 Å². The number of rotatable bonds is 2. The molecule has 0 fully saturated rings. The van der Waals surface area contributed by atoms with Crippen molar-refractivity contribution < 1.29 is 9.47 Å². The van der Waals surface area contributed by atoms with E-state index < -0.39 is 0 Å². The molecule has 102 valence electrons. The van der Waals surface area contributed by atoms with E-state index in [1.807, 2.05) is 48.5 Å². The highest BCUT2D eigenvalue weighted by molar-refractivity contribution is 5.66. The van der Waals surface area contributed by atoms with Gasteiger partial charge in [0.2, 0.25) is 0 Å². The van der Waals surface area contributed by atoms with Gasteiger partial charge in [-0.2, -0.15) is 0 Å². The summed E-state index contributed by atoms with van der Waals surface area (Å²) in [6.45, 7) is 0.745. The van der Waals surface area contributed by atoms with E-state index in [1.165, 1.54) is 0 Å². The summed E-state index contributed by atoms with van der Waals surface area (Å²) in [6, 6.07) is 16.0. The maximum absolute atomic E-state index is 5.97. The minimum absolute atomic E-state index is 0.745. The Morgan fingerprint density at radius 3 is 2.70 bits per heavy atom. The molecule has 0 atom stereocenters. The molecular formula is C17H17NO2. The van der Waals surface area contributed by atoms with Crippen molar-refractivity contribution in [2.75, 3.05) is 25.6 Å². The predicted molar refractivity (Wildman–Crippen MR) is 81.3 cm³/mol. The molecular weight excluding hydrogens is 250 g/mol. The molecule has 0 spiro atoms. The third-order valence-electron chi connectivity index (χ3n) is 3.37. The van der Waals surface area contributed by atoms with E-state index in [9.17, 15) is 0 Å². The van der Waals surface area contributed by atoms with Crippen LogP contribution in [0, 0.1) is 0 Å². The van der Waals surface area contributed by atoms with Gasteiger partial charge in [0.25, 0.3) is 0 Å². The Balaban J connectivity index is 1.95. The first-order valence-corrected chi connectivity index (χ1v) is 6.59. The van der Waals surface area contributed by atoms with E-state index >= 15 is 0 Å². The predicted octanol–water partition coefficient (Wildman–Crippen LogP) is 3.56. The Hall–Kier alpha value is -2.42. The molecule has 3 nitrogen and oxygen atoms in total. The molecule has 0 unspecified atom stereocenters. The van der Waals surface area contributed by atoms with Gasteiger partial charge in [0, 0.05) is 12.6 Å². The largest absolute Gasteiger partial charge is 0.496 e. The van der Waals surface area contributed by atoms with Crippen molar-refractivity contribution >= 4 is 11.8 Å². The molecule has 0 amide bonds. The second-order valence-electron chi connectivity index (χ2n) is 4.78. The smallest absolute Gasteiger partial charge is 0.150 e. The summed E-state index contributed by atoms with van der Waals surface area (Å²) in [5.41, 5.74) is 2.14. The molecule has 0 saturated heterocycles. The summed E-state index contributed by atoms with van der Waals surface area (Å²) in [5.74, 6) is 2.66. The number of methoxy groups -OCH3 is 1. The summed E-state index contributed by atoms with van der Waals surface area (Å²) in [6.07, 6.45) is 2.03. The number of nitrogens with zero attached hydrogens (tertiary/aromatic N) is 1. The number of para-hydroxylation sites is 3. The molecule has 2 aromatic rings. The van der Waals surface area contributed by atoms with E-state index in [0.29, 0.717) is 0 Å². The van der Waals surface area contributed by atoms with Gasteiger partial charge in [0.1, 0.15) is 17.3 Å². The molecule has 0 radical (unpaired) electrons. The highest BCUT2D eigenvalue weighted by atomic mass is 16.5. The molecule has 3 rings (SSSR count). The van der Waals surface area contributed by atoms with Crippen molar-refractivity contribution in [2.45, 2.75) is 0 Å². The lowest BCUT2D eigenvalue weighted by Crippen LogP contribution is -2.27. The third kappa shape index (κ3) is 2.35. The van der Waals surface area contributed by atoms with Gasteiger partial charge in [0.15, 0.2) is 0 Å². The maximum atomic E-state index is 5.97. The highest BCUT2D eigenvalue weighted by Gasteiger charge is 2.18. The van der Waals surface area contributed by atoms with Gasteiger partial charge in [-0.3, -0.25) is 0 Å². The molecule has 0 N–H and O–H groups in total. The van der Waals surface area contributed by atoms with Crippen LogP contribution in [0.1, 0.15) is 5.56 Å². The standard InChI is InChI=1S/C17H17NO2/c1-18-12-14(20-17-10-6-4-8-15(17)18)11-13-7-3-5-9-16(13)19-2/h3-11H,12H2,1-2H3/b14-11+. The summed E-state index contributed by atoms with van der Waals surface area (Å²) in [5, 5.41) is 0. The first-order valence-electron chi connectivity index (χ1n) is 6.59. The van der Waals surface area contributed by atoms with Crippen molar-refractivity contribution in [3.05, 3.63) is 59.9 Å². The normalized spacial score (nSPS) is 15.7. The zero-order valence-corrected chi connectivity index (χ0v) is 11.7. The van der Waals surface area contributed by atoms with Gasteiger partial charge in [-0.1, -0.05) is 30.3 Å². The average molecular weight is 267 g/mol. The minimum Gasteiger partial charge on any atom is -0.496 e. The maximum Gasteiger partial charge on any atom is 0.150 e. The zero-order chi connectivity index (χ0) is 13.9. The monoisotopic (exact) mass is 267 g/mol. The molecule has 0 aliphatic carbocycles. The van der Waals surface area contributed by atoms with E-state index in [1.54, 1.807) is 7.11 Å². The van der Waals surface area contributed by atoms with Gasteiger partial charge >= 0.3 is 0 Å². The Bertz CT molecular complexity index is 649. The van der Waals surface area contributed by atoms with Crippen LogP contribution in [-0.2, 0) is 0 Å². The quantitative estimate of drug-likeness (QED) is 0.830. The first-order chi connectivity index (χ1) is 9.78. The summed E-state index contributed by atoms with van der Waals surface area (Å²) >= 11 is 0. The molecule has 2 aromatic carbocycles. The number of hydrogen-bond donors (Lipinski definition) is 0. The molecule has 3 heteroatoms. The topological polar surface area (TPSA) is 21.7 Å². The van der Waals surface area contributed by atoms with Crippen LogP contribution < -0.4 is 14.4 Å². The van der Waals surface area contributed by atoms with Crippen molar-refractivity contribution in [1.82, 2.24) is 0 Å². The number of anilines is 1. The Labute approximate surface area is 119 Å². The minimum atomic E-state index is 0.745. The molecule has 0 bridgehead atoms. The molecule has 0 aromatic heterocycles. The second-order valence-corrected chi connectivity index (χ2v) is 4.78. The Morgan fingerprint density at radius 2 is 1.85 bits per heavy atom. The van der Waals surface area contributed by atoms with Crippen LogP contribution >= 0.6 is 0 Å². The first kappa shape index (κ1) is 12.6. The fourth-order valence-electron chi connectivity index (χ4n) is 2.39. The summed E-state index contributed by atoms with van der Waals surface area (Å²) < 4.78 is 11.3. The van der Waals surface area contributed by atoms with Gasteiger partial charge in [0.05, 0.1) is 19.3 Å². The SMILES string of the molecule is COc1ccccc1/C=C1\CN(C)c2ccccc2O1. The van der Waals surface area contributed by atoms with Crippen LogP contribution in [0.2, 0.25) is 0 Å². The molecule has 20 heavy (non-hydrogen) atoms. The van der Waals surface area contributed by atoms with Gasteiger partial charge in [-0.25, -0.2) is 0 Å². The van der Waals surface area contributed by atoms with Crippen molar-refractivity contribution in [1.29, 1.82) is 0 Å². The lowest BCUT2D eigenvalue weighted by Gasteiger charge is -2.29. The zero-order valence-electron chi connectivity index (χ0n) is 11.7.